The van der Waals surface area contributed by atoms with Crippen LogP contribution in [-0.2, 0) is 6.61 Å². The topological polar surface area (TPSA) is 53.1 Å². The quantitative estimate of drug-likeness (QED) is 0.874. The summed E-state index contributed by atoms with van der Waals surface area (Å²) in [5.41, 5.74) is 7.71. The Morgan fingerprint density at radius 1 is 1.33 bits per heavy atom. The van der Waals surface area contributed by atoms with Crippen LogP contribution in [0.3, 0.4) is 0 Å². The van der Waals surface area contributed by atoms with Crippen LogP contribution in [0.1, 0.15) is 50.5 Å². The van der Waals surface area contributed by atoms with Crippen LogP contribution < -0.4 is 10.5 Å². The van der Waals surface area contributed by atoms with E-state index in [-0.39, 0.29) is 6.04 Å². The van der Waals surface area contributed by atoms with Gasteiger partial charge in [-0.05, 0) is 44.0 Å². The molecule has 5 heteroatoms. The van der Waals surface area contributed by atoms with Crippen LogP contribution in [0.25, 0.3) is 0 Å². The molecule has 0 amide bonds. The molecule has 4 nitrogen and oxygen atoms in total. The van der Waals surface area contributed by atoms with Crippen molar-refractivity contribution in [3.63, 3.8) is 0 Å². The molecule has 2 aromatic rings. The van der Waals surface area contributed by atoms with Gasteiger partial charge in [0.25, 0.3) is 0 Å². The standard InChI is InChI=1S/C16H22ClN3O/c1-4-11(2)20-8-7-14(19-20)10-21-16-6-5-13(12(3)18)9-15(16)17/h5-9,11-12H,4,10,18H2,1-3H3. The van der Waals surface area contributed by atoms with Gasteiger partial charge in [0.1, 0.15) is 12.4 Å². The SMILES string of the molecule is CCC(C)n1ccc(COc2ccc(C(C)N)cc2Cl)n1. The van der Waals surface area contributed by atoms with Crippen molar-refractivity contribution >= 4 is 11.6 Å². The first-order valence-corrected chi connectivity index (χ1v) is 7.61. The molecule has 0 fully saturated rings. The average molecular weight is 308 g/mol. The molecule has 21 heavy (non-hydrogen) atoms. The molecule has 1 aromatic carbocycles. The van der Waals surface area contributed by atoms with E-state index in [1.165, 1.54) is 0 Å². The van der Waals surface area contributed by atoms with Crippen molar-refractivity contribution in [3.05, 3.63) is 46.7 Å². The summed E-state index contributed by atoms with van der Waals surface area (Å²) in [7, 11) is 0. The highest BCUT2D eigenvalue weighted by atomic mass is 35.5. The molecule has 1 heterocycles. The third kappa shape index (κ3) is 3.99. The third-order valence-corrected chi connectivity index (χ3v) is 3.86. The molecule has 0 saturated heterocycles. The minimum Gasteiger partial charge on any atom is -0.486 e. The first kappa shape index (κ1) is 15.9. The van der Waals surface area contributed by atoms with Crippen molar-refractivity contribution in [2.24, 2.45) is 5.73 Å². The van der Waals surface area contributed by atoms with Gasteiger partial charge in [0.15, 0.2) is 0 Å². The van der Waals surface area contributed by atoms with Gasteiger partial charge in [-0.15, -0.1) is 0 Å². The first-order chi connectivity index (χ1) is 10.0. The summed E-state index contributed by atoms with van der Waals surface area (Å²) in [6, 6.07) is 7.96. The number of halogens is 1. The van der Waals surface area contributed by atoms with Crippen molar-refractivity contribution in [1.82, 2.24) is 9.78 Å². The molecule has 0 radical (unpaired) electrons. The second-order valence-corrected chi connectivity index (χ2v) is 5.72. The number of benzene rings is 1. The molecular weight excluding hydrogens is 286 g/mol. The number of nitrogens with two attached hydrogens (primary N) is 1. The Morgan fingerprint density at radius 3 is 2.71 bits per heavy atom. The molecule has 0 saturated carbocycles. The van der Waals surface area contributed by atoms with E-state index in [4.69, 9.17) is 22.1 Å². The molecule has 0 spiro atoms. The van der Waals surface area contributed by atoms with Crippen molar-refractivity contribution in [2.45, 2.75) is 45.9 Å². The van der Waals surface area contributed by atoms with Gasteiger partial charge in [-0.2, -0.15) is 5.10 Å². The molecule has 2 N–H and O–H groups in total. The molecule has 2 rings (SSSR count). The fourth-order valence-corrected chi connectivity index (χ4v) is 2.20. The zero-order valence-electron chi connectivity index (χ0n) is 12.7. The maximum absolute atomic E-state index is 6.21. The van der Waals surface area contributed by atoms with E-state index in [1.54, 1.807) is 0 Å². The predicted octanol–water partition coefficient (Wildman–Crippen LogP) is 4.11. The summed E-state index contributed by atoms with van der Waals surface area (Å²) in [5.74, 6) is 0.652. The fourth-order valence-electron chi connectivity index (χ4n) is 1.96. The Kier molecular flexibility index (Phi) is 5.26. The van der Waals surface area contributed by atoms with Gasteiger partial charge in [-0.1, -0.05) is 24.6 Å². The van der Waals surface area contributed by atoms with Crippen LogP contribution in [0.5, 0.6) is 5.75 Å². The van der Waals surface area contributed by atoms with E-state index in [1.807, 2.05) is 42.1 Å². The van der Waals surface area contributed by atoms with Crippen LogP contribution in [0.4, 0.5) is 0 Å². The monoisotopic (exact) mass is 307 g/mol. The van der Waals surface area contributed by atoms with E-state index in [9.17, 15) is 0 Å². The molecule has 2 unspecified atom stereocenters. The van der Waals surface area contributed by atoms with Crippen LogP contribution >= 0.6 is 11.6 Å². The number of hydrogen-bond acceptors (Lipinski definition) is 3. The summed E-state index contributed by atoms with van der Waals surface area (Å²) in [6.07, 6.45) is 3.03. The summed E-state index contributed by atoms with van der Waals surface area (Å²) in [6.45, 7) is 6.61. The van der Waals surface area contributed by atoms with E-state index in [2.05, 4.69) is 18.9 Å². The normalized spacial score (nSPS) is 14.0. The van der Waals surface area contributed by atoms with E-state index in [0.717, 1.165) is 17.7 Å². The summed E-state index contributed by atoms with van der Waals surface area (Å²) < 4.78 is 7.69. The van der Waals surface area contributed by atoms with Gasteiger partial charge in [-0.3, -0.25) is 4.68 Å². The van der Waals surface area contributed by atoms with Gasteiger partial charge >= 0.3 is 0 Å². The lowest BCUT2D eigenvalue weighted by Gasteiger charge is -2.11. The minimum atomic E-state index is -0.0391. The number of nitrogens with zero attached hydrogens (tertiary/aromatic N) is 2. The molecule has 0 bridgehead atoms. The molecule has 114 valence electrons. The average Bonchev–Trinajstić information content (AvgIpc) is 2.93. The van der Waals surface area contributed by atoms with E-state index < -0.39 is 0 Å². The van der Waals surface area contributed by atoms with Crippen molar-refractivity contribution in [1.29, 1.82) is 0 Å². The Morgan fingerprint density at radius 2 is 2.10 bits per heavy atom. The second-order valence-electron chi connectivity index (χ2n) is 5.31. The fraction of sp³-hybridized carbons (Fsp3) is 0.438. The van der Waals surface area contributed by atoms with Crippen molar-refractivity contribution in [3.8, 4) is 5.75 Å². The minimum absolute atomic E-state index is 0.0391. The molecule has 1 aromatic heterocycles. The molecule has 0 aliphatic heterocycles. The zero-order valence-corrected chi connectivity index (χ0v) is 13.5. The third-order valence-electron chi connectivity index (χ3n) is 3.56. The molecule has 0 aliphatic carbocycles. The maximum atomic E-state index is 6.21. The van der Waals surface area contributed by atoms with Gasteiger partial charge in [0.05, 0.1) is 10.7 Å². The number of hydrogen-bond donors (Lipinski definition) is 1. The largest absolute Gasteiger partial charge is 0.486 e. The lowest BCUT2D eigenvalue weighted by Crippen LogP contribution is -2.06. The summed E-state index contributed by atoms with van der Waals surface area (Å²) in [5, 5.41) is 5.08. The first-order valence-electron chi connectivity index (χ1n) is 7.23. The summed E-state index contributed by atoms with van der Waals surface area (Å²) >= 11 is 6.21. The lowest BCUT2D eigenvalue weighted by atomic mass is 10.1. The van der Waals surface area contributed by atoms with Gasteiger partial charge in [0.2, 0.25) is 0 Å². The van der Waals surface area contributed by atoms with Crippen LogP contribution in [0, 0.1) is 0 Å². The summed E-state index contributed by atoms with van der Waals surface area (Å²) in [4.78, 5) is 0. The van der Waals surface area contributed by atoms with Gasteiger partial charge in [0, 0.05) is 18.3 Å². The lowest BCUT2D eigenvalue weighted by molar-refractivity contribution is 0.298. The van der Waals surface area contributed by atoms with Crippen LogP contribution in [0.15, 0.2) is 30.5 Å². The zero-order chi connectivity index (χ0) is 15.4. The highest BCUT2D eigenvalue weighted by molar-refractivity contribution is 6.32. The highest BCUT2D eigenvalue weighted by Crippen LogP contribution is 2.28. The smallest absolute Gasteiger partial charge is 0.138 e. The van der Waals surface area contributed by atoms with Crippen LogP contribution in [-0.4, -0.2) is 9.78 Å². The molecule has 2 atom stereocenters. The number of ether oxygens (including phenoxy) is 1. The Labute approximate surface area is 130 Å². The van der Waals surface area contributed by atoms with Crippen LogP contribution in [0.2, 0.25) is 5.02 Å². The van der Waals surface area contributed by atoms with Crippen molar-refractivity contribution < 1.29 is 4.74 Å². The van der Waals surface area contributed by atoms with E-state index >= 15 is 0 Å². The number of aromatic nitrogens is 2. The molecular formula is C16H22ClN3O. The Balaban J connectivity index is 2.01. The second kappa shape index (κ2) is 6.96. The van der Waals surface area contributed by atoms with Crippen molar-refractivity contribution in [2.75, 3.05) is 0 Å². The highest BCUT2D eigenvalue weighted by Gasteiger charge is 2.08. The van der Waals surface area contributed by atoms with E-state index in [0.29, 0.717) is 23.4 Å². The Bertz CT molecular complexity index is 595. The number of rotatable bonds is 6. The molecule has 0 aliphatic rings. The van der Waals surface area contributed by atoms with Gasteiger partial charge < -0.3 is 10.5 Å². The maximum Gasteiger partial charge on any atom is 0.138 e. The predicted molar refractivity (Wildman–Crippen MR) is 85.6 cm³/mol. The Hall–Kier alpha value is -1.52. The van der Waals surface area contributed by atoms with Gasteiger partial charge in [-0.25, -0.2) is 0 Å².